The largest absolute Gasteiger partial charge is 0.352 e. The van der Waals surface area contributed by atoms with Crippen LogP contribution in [0.15, 0.2) is 30.5 Å². The van der Waals surface area contributed by atoms with Gasteiger partial charge < -0.3 is 5.32 Å². The summed E-state index contributed by atoms with van der Waals surface area (Å²) < 4.78 is 1.79. The van der Waals surface area contributed by atoms with E-state index < -0.39 is 0 Å². The summed E-state index contributed by atoms with van der Waals surface area (Å²) in [7, 11) is 0. The first kappa shape index (κ1) is 13.8. The molecule has 1 aromatic carbocycles. The van der Waals surface area contributed by atoms with Crippen LogP contribution in [0.4, 0.5) is 0 Å². The third-order valence-electron chi connectivity index (χ3n) is 3.17. The molecule has 0 unspecified atom stereocenters. The zero-order valence-electron chi connectivity index (χ0n) is 12.0. The second kappa shape index (κ2) is 5.65. The predicted molar refractivity (Wildman–Crippen MR) is 82.8 cm³/mol. The van der Waals surface area contributed by atoms with E-state index in [0.29, 0.717) is 18.5 Å². The summed E-state index contributed by atoms with van der Waals surface area (Å²) in [6, 6.07) is 7.55. The lowest BCUT2D eigenvalue weighted by atomic mass is 10.1. The van der Waals surface area contributed by atoms with Crippen LogP contribution in [0, 0.1) is 13.8 Å². The van der Waals surface area contributed by atoms with Crippen molar-refractivity contribution in [1.29, 1.82) is 0 Å². The molecule has 0 bridgehead atoms. The van der Waals surface area contributed by atoms with Gasteiger partial charge in [0.05, 0.1) is 11.9 Å². The van der Waals surface area contributed by atoms with E-state index in [-0.39, 0.29) is 5.91 Å². The second-order valence-electron chi connectivity index (χ2n) is 4.95. The minimum Gasteiger partial charge on any atom is -0.352 e. The lowest BCUT2D eigenvalue weighted by Gasteiger charge is -2.04. The topological polar surface area (TPSA) is 59.3 Å². The maximum Gasteiger partial charge on any atom is 0.251 e. The molecule has 1 amide bonds. The van der Waals surface area contributed by atoms with Gasteiger partial charge in [0.2, 0.25) is 4.96 Å². The molecule has 0 aliphatic carbocycles. The van der Waals surface area contributed by atoms with E-state index in [2.05, 4.69) is 15.4 Å². The highest BCUT2D eigenvalue weighted by Crippen LogP contribution is 2.13. The van der Waals surface area contributed by atoms with E-state index in [0.717, 1.165) is 21.2 Å². The average Bonchev–Trinajstić information content (AvgIpc) is 2.96. The van der Waals surface area contributed by atoms with Crippen LogP contribution in [0.5, 0.6) is 0 Å². The molecule has 0 spiro atoms. The summed E-state index contributed by atoms with van der Waals surface area (Å²) in [5, 5.41) is 8.22. The van der Waals surface area contributed by atoms with Gasteiger partial charge in [-0.2, -0.15) is 5.10 Å². The van der Waals surface area contributed by atoms with Crippen molar-refractivity contribution in [2.45, 2.75) is 20.3 Å². The molecule has 0 fully saturated rings. The SMILES string of the molecule is Cc1ccc(C(=O)NCCc2cn3nc(C)sc3n2)cc1. The summed E-state index contributed by atoms with van der Waals surface area (Å²) in [4.78, 5) is 17.3. The fourth-order valence-electron chi connectivity index (χ4n) is 2.08. The molecule has 3 rings (SSSR count). The van der Waals surface area contributed by atoms with Gasteiger partial charge in [0.25, 0.3) is 5.91 Å². The van der Waals surface area contributed by atoms with Gasteiger partial charge in [0.15, 0.2) is 0 Å². The Morgan fingerprint density at radius 1 is 1.29 bits per heavy atom. The summed E-state index contributed by atoms with van der Waals surface area (Å²) in [6.45, 7) is 4.53. The molecule has 0 radical (unpaired) electrons. The fourth-order valence-corrected chi connectivity index (χ4v) is 2.82. The lowest BCUT2D eigenvalue weighted by molar-refractivity contribution is 0.0954. The van der Waals surface area contributed by atoms with Crippen molar-refractivity contribution in [3.8, 4) is 0 Å². The Balaban J connectivity index is 1.56. The third kappa shape index (κ3) is 3.11. The van der Waals surface area contributed by atoms with E-state index >= 15 is 0 Å². The summed E-state index contributed by atoms with van der Waals surface area (Å²) >= 11 is 1.56. The molecule has 0 saturated carbocycles. The van der Waals surface area contributed by atoms with Gasteiger partial charge in [-0.15, -0.1) is 0 Å². The summed E-state index contributed by atoms with van der Waals surface area (Å²) in [6.07, 6.45) is 2.61. The molecule has 3 aromatic rings. The molecule has 5 nitrogen and oxygen atoms in total. The number of fused-ring (bicyclic) bond motifs is 1. The highest BCUT2D eigenvalue weighted by atomic mass is 32.1. The van der Waals surface area contributed by atoms with Gasteiger partial charge >= 0.3 is 0 Å². The van der Waals surface area contributed by atoms with Crippen molar-refractivity contribution in [2.24, 2.45) is 0 Å². The number of carbonyl (C=O) groups is 1. The minimum atomic E-state index is -0.0509. The van der Waals surface area contributed by atoms with Gasteiger partial charge in [-0.3, -0.25) is 4.79 Å². The Bertz CT molecular complexity index is 741. The van der Waals surface area contributed by atoms with Crippen LogP contribution in [0.2, 0.25) is 0 Å². The molecular weight excluding hydrogens is 284 g/mol. The van der Waals surface area contributed by atoms with E-state index in [1.165, 1.54) is 0 Å². The van der Waals surface area contributed by atoms with Crippen LogP contribution in [0.25, 0.3) is 4.96 Å². The molecule has 6 heteroatoms. The fraction of sp³-hybridized carbons (Fsp3) is 0.267. The monoisotopic (exact) mass is 300 g/mol. The molecule has 21 heavy (non-hydrogen) atoms. The van der Waals surface area contributed by atoms with Gasteiger partial charge in [0, 0.05) is 18.5 Å². The van der Waals surface area contributed by atoms with Crippen LogP contribution in [-0.4, -0.2) is 27.0 Å². The third-order valence-corrected chi connectivity index (χ3v) is 4.01. The molecule has 0 aliphatic rings. The maximum atomic E-state index is 12.0. The Labute approximate surface area is 126 Å². The zero-order chi connectivity index (χ0) is 14.8. The lowest BCUT2D eigenvalue weighted by Crippen LogP contribution is -2.25. The van der Waals surface area contributed by atoms with Gasteiger partial charge in [0.1, 0.15) is 5.01 Å². The molecule has 1 N–H and O–H groups in total. The van der Waals surface area contributed by atoms with Crippen molar-refractivity contribution in [1.82, 2.24) is 19.9 Å². The number of aromatic nitrogens is 3. The normalized spacial score (nSPS) is 11.0. The number of amides is 1. The number of hydrogen-bond acceptors (Lipinski definition) is 4. The highest BCUT2D eigenvalue weighted by molar-refractivity contribution is 7.16. The van der Waals surface area contributed by atoms with Crippen LogP contribution in [-0.2, 0) is 6.42 Å². The summed E-state index contributed by atoms with van der Waals surface area (Å²) in [5.41, 5.74) is 2.77. The molecule has 2 aromatic heterocycles. The van der Waals surface area contributed by atoms with Crippen molar-refractivity contribution in [3.05, 3.63) is 52.3 Å². The van der Waals surface area contributed by atoms with Crippen molar-refractivity contribution in [3.63, 3.8) is 0 Å². The minimum absolute atomic E-state index is 0.0509. The molecule has 0 atom stereocenters. The van der Waals surface area contributed by atoms with E-state index in [1.807, 2.05) is 44.3 Å². The number of nitrogens with zero attached hydrogens (tertiary/aromatic N) is 3. The molecule has 0 saturated heterocycles. The van der Waals surface area contributed by atoms with Crippen molar-refractivity contribution in [2.75, 3.05) is 6.54 Å². The van der Waals surface area contributed by atoms with E-state index in [4.69, 9.17) is 0 Å². The highest BCUT2D eigenvalue weighted by Gasteiger charge is 2.07. The van der Waals surface area contributed by atoms with Crippen LogP contribution < -0.4 is 5.32 Å². The van der Waals surface area contributed by atoms with Crippen LogP contribution in [0.3, 0.4) is 0 Å². The number of rotatable bonds is 4. The standard InChI is InChI=1S/C15H16N4OS/c1-10-3-5-12(6-4-10)14(20)16-8-7-13-9-19-15(17-13)21-11(2)18-19/h3-6,9H,7-8H2,1-2H3,(H,16,20). The van der Waals surface area contributed by atoms with Crippen LogP contribution >= 0.6 is 11.3 Å². The molecular formula is C15H16N4OS. The first-order chi connectivity index (χ1) is 10.1. The number of hydrogen-bond donors (Lipinski definition) is 1. The van der Waals surface area contributed by atoms with Gasteiger partial charge in [-0.1, -0.05) is 29.0 Å². The summed E-state index contributed by atoms with van der Waals surface area (Å²) in [5.74, 6) is -0.0509. The van der Waals surface area contributed by atoms with Crippen molar-refractivity contribution < 1.29 is 4.79 Å². The number of nitrogens with one attached hydrogen (secondary N) is 1. The van der Waals surface area contributed by atoms with Crippen molar-refractivity contribution >= 4 is 22.2 Å². The Kier molecular flexibility index (Phi) is 3.70. The van der Waals surface area contributed by atoms with Gasteiger partial charge in [-0.25, -0.2) is 9.50 Å². The number of imidazole rings is 1. The van der Waals surface area contributed by atoms with Crippen LogP contribution in [0.1, 0.15) is 26.6 Å². The Hall–Kier alpha value is -2.21. The van der Waals surface area contributed by atoms with Gasteiger partial charge in [-0.05, 0) is 26.0 Å². The van der Waals surface area contributed by atoms with E-state index in [1.54, 1.807) is 15.9 Å². The predicted octanol–water partition coefficient (Wildman–Crippen LogP) is 2.38. The Morgan fingerprint density at radius 3 is 2.76 bits per heavy atom. The maximum absolute atomic E-state index is 12.0. The molecule has 108 valence electrons. The van der Waals surface area contributed by atoms with E-state index in [9.17, 15) is 4.79 Å². The first-order valence-corrected chi connectivity index (χ1v) is 7.60. The molecule has 0 aliphatic heterocycles. The number of carbonyl (C=O) groups excluding carboxylic acids is 1. The Morgan fingerprint density at radius 2 is 2.05 bits per heavy atom. The first-order valence-electron chi connectivity index (χ1n) is 6.78. The number of aryl methyl sites for hydroxylation is 2. The average molecular weight is 300 g/mol. The number of benzene rings is 1. The quantitative estimate of drug-likeness (QED) is 0.805. The molecule has 2 heterocycles. The smallest absolute Gasteiger partial charge is 0.251 e. The zero-order valence-corrected chi connectivity index (χ0v) is 12.8. The second-order valence-corrected chi connectivity index (χ2v) is 6.11.